The van der Waals surface area contributed by atoms with E-state index >= 15 is 0 Å². The maximum atomic E-state index is 12.6. The first kappa shape index (κ1) is 22.1. The first-order valence-corrected chi connectivity index (χ1v) is 9.50. The van der Waals surface area contributed by atoms with Crippen molar-refractivity contribution < 1.29 is 19.1 Å². The second-order valence-electron chi connectivity index (χ2n) is 7.18. The monoisotopic (exact) mass is 402 g/mol. The van der Waals surface area contributed by atoms with Gasteiger partial charge in [-0.3, -0.25) is 14.9 Å². The van der Waals surface area contributed by atoms with Crippen LogP contribution in [0.5, 0.6) is 0 Å². The standard InChI is InChI=1S/C20H26N4O5/c1-5-13(4)21-20(28)22-16(25)11-29-19(27)17-14-8-6-7-9-15(14)18(26)24(23-17)10-12(2)3/h6-9,12-13H,5,10-11H2,1-4H3,(H2,21,22,25,28)/t13-/m0/s1. The van der Waals surface area contributed by atoms with Crippen molar-refractivity contribution >= 4 is 28.7 Å². The number of rotatable bonds is 7. The molecule has 9 nitrogen and oxygen atoms in total. The van der Waals surface area contributed by atoms with Gasteiger partial charge in [-0.2, -0.15) is 5.10 Å². The number of benzene rings is 1. The summed E-state index contributed by atoms with van der Waals surface area (Å²) in [6, 6.07) is 5.83. The number of hydrogen-bond acceptors (Lipinski definition) is 6. The molecule has 2 rings (SSSR count). The molecule has 0 saturated heterocycles. The summed E-state index contributed by atoms with van der Waals surface area (Å²) in [5, 5.41) is 9.50. The first-order valence-electron chi connectivity index (χ1n) is 9.50. The topological polar surface area (TPSA) is 119 Å². The highest BCUT2D eigenvalue weighted by Crippen LogP contribution is 2.14. The van der Waals surface area contributed by atoms with Gasteiger partial charge in [0.2, 0.25) is 0 Å². The number of aromatic nitrogens is 2. The minimum absolute atomic E-state index is 0.0577. The predicted octanol–water partition coefficient (Wildman–Crippen LogP) is 1.83. The van der Waals surface area contributed by atoms with E-state index in [0.29, 0.717) is 23.7 Å². The fraction of sp³-hybridized carbons (Fsp3) is 0.450. The molecule has 0 bridgehead atoms. The van der Waals surface area contributed by atoms with Gasteiger partial charge in [-0.25, -0.2) is 14.3 Å². The van der Waals surface area contributed by atoms with E-state index in [-0.39, 0.29) is 23.2 Å². The van der Waals surface area contributed by atoms with Crippen molar-refractivity contribution in [2.45, 2.75) is 46.7 Å². The smallest absolute Gasteiger partial charge is 0.359 e. The van der Waals surface area contributed by atoms with E-state index in [1.807, 2.05) is 20.8 Å². The van der Waals surface area contributed by atoms with Crippen LogP contribution in [0, 0.1) is 5.92 Å². The van der Waals surface area contributed by atoms with E-state index in [2.05, 4.69) is 15.7 Å². The quantitative estimate of drug-likeness (QED) is 0.682. The number of nitrogens with one attached hydrogen (secondary N) is 2. The van der Waals surface area contributed by atoms with Crippen molar-refractivity contribution in [1.82, 2.24) is 20.4 Å². The van der Waals surface area contributed by atoms with E-state index in [9.17, 15) is 19.2 Å². The Hall–Kier alpha value is -3.23. The normalized spacial score (nSPS) is 11.9. The van der Waals surface area contributed by atoms with Gasteiger partial charge in [-0.15, -0.1) is 0 Å². The summed E-state index contributed by atoms with van der Waals surface area (Å²) in [6.07, 6.45) is 0.710. The number of fused-ring (bicyclic) bond motifs is 1. The Balaban J connectivity index is 2.16. The molecule has 2 N–H and O–H groups in total. The molecular formula is C20H26N4O5. The van der Waals surface area contributed by atoms with Gasteiger partial charge >= 0.3 is 12.0 Å². The average molecular weight is 402 g/mol. The van der Waals surface area contributed by atoms with Crippen LogP contribution in [-0.4, -0.2) is 40.3 Å². The molecule has 2 aromatic rings. The molecule has 0 fully saturated rings. The van der Waals surface area contributed by atoms with Gasteiger partial charge in [-0.1, -0.05) is 39.0 Å². The zero-order valence-corrected chi connectivity index (χ0v) is 17.0. The Bertz CT molecular complexity index is 967. The molecule has 3 amide bonds. The molecule has 1 atom stereocenters. The summed E-state index contributed by atoms with van der Waals surface area (Å²) in [6.45, 7) is 7.23. The highest BCUT2D eigenvalue weighted by atomic mass is 16.5. The maximum Gasteiger partial charge on any atom is 0.359 e. The summed E-state index contributed by atoms with van der Waals surface area (Å²) < 4.78 is 6.25. The third-order valence-corrected chi connectivity index (χ3v) is 4.18. The Labute approximate surface area is 168 Å². The highest BCUT2D eigenvalue weighted by molar-refractivity contribution is 6.03. The van der Waals surface area contributed by atoms with E-state index in [1.54, 1.807) is 31.2 Å². The Morgan fingerprint density at radius 1 is 1.14 bits per heavy atom. The predicted molar refractivity (Wildman–Crippen MR) is 108 cm³/mol. The number of ether oxygens (including phenoxy) is 1. The fourth-order valence-electron chi connectivity index (χ4n) is 2.58. The number of esters is 1. The second kappa shape index (κ2) is 9.81. The molecule has 29 heavy (non-hydrogen) atoms. The molecule has 9 heteroatoms. The van der Waals surface area contributed by atoms with Gasteiger partial charge in [0, 0.05) is 18.0 Å². The van der Waals surface area contributed by atoms with Gasteiger partial charge in [0.25, 0.3) is 11.5 Å². The van der Waals surface area contributed by atoms with Crippen LogP contribution < -0.4 is 16.2 Å². The van der Waals surface area contributed by atoms with Gasteiger partial charge < -0.3 is 10.1 Å². The third kappa shape index (κ3) is 5.87. The molecule has 1 aromatic heterocycles. The van der Waals surface area contributed by atoms with E-state index in [4.69, 9.17) is 4.74 Å². The number of hydrogen-bond donors (Lipinski definition) is 2. The van der Waals surface area contributed by atoms with Crippen molar-refractivity contribution in [3.63, 3.8) is 0 Å². The molecule has 1 aromatic carbocycles. The van der Waals surface area contributed by atoms with E-state index in [0.717, 1.165) is 0 Å². The van der Waals surface area contributed by atoms with Crippen LogP contribution >= 0.6 is 0 Å². The molecule has 0 aliphatic carbocycles. The lowest BCUT2D eigenvalue weighted by Gasteiger charge is -2.13. The fourth-order valence-corrected chi connectivity index (χ4v) is 2.58. The van der Waals surface area contributed by atoms with Gasteiger partial charge in [-0.05, 0) is 25.3 Å². The van der Waals surface area contributed by atoms with Gasteiger partial charge in [0.05, 0.1) is 5.39 Å². The Morgan fingerprint density at radius 2 is 1.79 bits per heavy atom. The molecule has 0 saturated carbocycles. The number of carbonyl (C=O) groups excluding carboxylic acids is 3. The van der Waals surface area contributed by atoms with Crippen molar-refractivity contribution in [2.24, 2.45) is 5.92 Å². The average Bonchev–Trinajstić information content (AvgIpc) is 2.67. The Morgan fingerprint density at radius 3 is 2.41 bits per heavy atom. The lowest BCUT2D eigenvalue weighted by atomic mass is 10.1. The summed E-state index contributed by atoms with van der Waals surface area (Å²) in [7, 11) is 0. The van der Waals surface area contributed by atoms with E-state index in [1.165, 1.54) is 4.68 Å². The lowest BCUT2D eigenvalue weighted by molar-refractivity contribution is -0.123. The summed E-state index contributed by atoms with van der Waals surface area (Å²) >= 11 is 0. The first-order chi connectivity index (χ1) is 13.7. The van der Waals surface area contributed by atoms with Crippen molar-refractivity contribution in [3.8, 4) is 0 Å². The van der Waals surface area contributed by atoms with Crippen LogP contribution in [0.3, 0.4) is 0 Å². The lowest BCUT2D eigenvalue weighted by Crippen LogP contribution is -2.44. The van der Waals surface area contributed by atoms with Crippen LogP contribution in [0.1, 0.15) is 44.6 Å². The van der Waals surface area contributed by atoms with Gasteiger partial charge in [0.15, 0.2) is 12.3 Å². The number of amides is 3. The van der Waals surface area contributed by atoms with Crippen LogP contribution in [0.4, 0.5) is 4.79 Å². The molecule has 1 heterocycles. The summed E-state index contributed by atoms with van der Waals surface area (Å²) in [5.74, 6) is -1.48. The Kier molecular flexibility index (Phi) is 7.46. The number of imide groups is 1. The summed E-state index contributed by atoms with van der Waals surface area (Å²) in [4.78, 5) is 48.6. The minimum atomic E-state index is -0.851. The minimum Gasteiger partial charge on any atom is -0.451 e. The van der Waals surface area contributed by atoms with Crippen LogP contribution in [0.15, 0.2) is 29.1 Å². The van der Waals surface area contributed by atoms with Crippen LogP contribution in [-0.2, 0) is 16.1 Å². The molecular weight excluding hydrogens is 376 g/mol. The highest BCUT2D eigenvalue weighted by Gasteiger charge is 2.20. The number of nitrogens with zero attached hydrogens (tertiary/aromatic N) is 2. The largest absolute Gasteiger partial charge is 0.451 e. The zero-order chi connectivity index (χ0) is 21.6. The van der Waals surface area contributed by atoms with Crippen LogP contribution in [0.2, 0.25) is 0 Å². The second-order valence-corrected chi connectivity index (χ2v) is 7.18. The molecule has 0 aliphatic rings. The molecule has 0 spiro atoms. The molecule has 0 unspecified atom stereocenters. The SMILES string of the molecule is CC[C@H](C)NC(=O)NC(=O)COC(=O)c1nn(CC(C)C)c(=O)c2ccccc12. The molecule has 0 aliphatic heterocycles. The number of carbonyl (C=O) groups is 3. The third-order valence-electron chi connectivity index (χ3n) is 4.18. The molecule has 156 valence electrons. The zero-order valence-electron chi connectivity index (χ0n) is 17.0. The molecule has 0 radical (unpaired) electrons. The van der Waals surface area contributed by atoms with Crippen molar-refractivity contribution in [2.75, 3.05) is 6.61 Å². The van der Waals surface area contributed by atoms with Gasteiger partial charge in [0.1, 0.15) is 0 Å². The number of urea groups is 1. The van der Waals surface area contributed by atoms with Crippen molar-refractivity contribution in [3.05, 3.63) is 40.3 Å². The summed E-state index contributed by atoms with van der Waals surface area (Å²) in [5.41, 5.74) is -0.358. The van der Waals surface area contributed by atoms with Crippen LogP contribution in [0.25, 0.3) is 10.8 Å². The maximum absolute atomic E-state index is 12.6. The van der Waals surface area contributed by atoms with Crippen molar-refractivity contribution in [1.29, 1.82) is 0 Å². The van der Waals surface area contributed by atoms with E-state index < -0.39 is 24.5 Å².